The molecule has 2 heteroatoms. The van der Waals surface area contributed by atoms with E-state index in [9.17, 15) is 0 Å². The molecule has 0 N–H and O–H groups in total. The molecule has 0 saturated heterocycles. The van der Waals surface area contributed by atoms with Crippen LogP contribution in [0.3, 0.4) is 0 Å². The fraction of sp³-hybridized carbons (Fsp3) is 0.222. The van der Waals surface area contributed by atoms with Crippen LogP contribution >= 0.6 is 0 Å². The Balaban J connectivity index is 2.09. The van der Waals surface area contributed by atoms with Crippen LogP contribution in [0.25, 0.3) is 22.2 Å². The second kappa shape index (κ2) is 4.14. The van der Waals surface area contributed by atoms with Crippen molar-refractivity contribution in [1.82, 2.24) is 4.57 Å². The van der Waals surface area contributed by atoms with Gasteiger partial charge in [0.25, 0.3) is 0 Å². The summed E-state index contributed by atoms with van der Waals surface area (Å²) in [6, 6.07) is 15.1. The van der Waals surface area contributed by atoms with Crippen molar-refractivity contribution in [1.29, 1.82) is 0 Å². The molecule has 0 atom stereocenters. The molecule has 0 unspecified atom stereocenters. The molecular weight excluding hydrogens is 246 g/mol. The smallest absolute Gasteiger partial charge is 0.119 e. The molecule has 0 aliphatic carbocycles. The first-order valence-electron chi connectivity index (χ1n) is 7.11. The highest BCUT2D eigenvalue weighted by atomic mass is 16.5. The summed E-state index contributed by atoms with van der Waals surface area (Å²) in [5.41, 5.74) is 6.96. The van der Waals surface area contributed by atoms with E-state index in [1.165, 1.54) is 33.3 Å². The first kappa shape index (κ1) is 11.6. The zero-order chi connectivity index (χ0) is 13.7. The lowest BCUT2D eigenvalue weighted by Gasteiger charge is -2.04. The second-order valence-corrected chi connectivity index (χ2v) is 5.31. The molecule has 0 spiro atoms. The van der Waals surface area contributed by atoms with Crippen molar-refractivity contribution < 1.29 is 4.74 Å². The maximum Gasteiger partial charge on any atom is 0.119 e. The van der Waals surface area contributed by atoms with Gasteiger partial charge in [0.1, 0.15) is 5.75 Å². The predicted molar refractivity (Wildman–Crippen MR) is 82.4 cm³/mol. The zero-order valence-electron chi connectivity index (χ0n) is 11.8. The highest BCUT2D eigenvalue weighted by Gasteiger charge is 2.24. The van der Waals surface area contributed by atoms with Crippen molar-refractivity contribution in [3.05, 3.63) is 53.6 Å². The lowest BCUT2D eigenvalue weighted by molar-refractivity contribution is 0.415. The minimum Gasteiger partial charge on any atom is -0.497 e. The molecule has 0 bridgehead atoms. The Labute approximate surface area is 118 Å². The molecule has 3 aromatic rings. The maximum atomic E-state index is 5.38. The molecule has 100 valence electrons. The Bertz CT molecular complexity index is 814. The van der Waals surface area contributed by atoms with Crippen LogP contribution in [0.1, 0.15) is 18.1 Å². The van der Waals surface area contributed by atoms with Gasteiger partial charge >= 0.3 is 0 Å². The van der Waals surface area contributed by atoms with E-state index in [2.05, 4.69) is 54.0 Å². The predicted octanol–water partition coefficient (Wildman–Crippen LogP) is 4.24. The normalized spacial score (nSPS) is 12.5. The fourth-order valence-corrected chi connectivity index (χ4v) is 3.42. The van der Waals surface area contributed by atoms with Crippen LogP contribution in [0.4, 0.5) is 0 Å². The monoisotopic (exact) mass is 263 g/mol. The lowest BCUT2D eigenvalue weighted by atomic mass is 10.0. The Morgan fingerprint density at radius 3 is 2.80 bits per heavy atom. The van der Waals surface area contributed by atoms with Crippen molar-refractivity contribution >= 4 is 10.9 Å². The Morgan fingerprint density at radius 2 is 2.00 bits per heavy atom. The molecule has 0 saturated carbocycles. The van der Waals surface area contributed by atoms with Gasteiger partial charge in [-0.15, -0.1) is 0 Å². The van der Waals surface area contributed by atoms with E-state index in [1.54, 1.807) is 7.11 Å². The number of nitrogens with zero attached hydrogens (tertiary/aromatic N) is 1. The van der Waals surface area contributed by atoms with Gasteiger partial charge in [-0.25, -0.2) is 0 Å². The van der Waals surface area contributed by atoms with Crippen molar-refractivity contribution in [3.8, 4) is 17.0 Å². The number of methoxy groups -OCH3 is 1. The maximum absolute atomic E-state index is 5.38. The number of aryl methyl sites for hydroxylation is 1. The summed E-state index contributed by atoms with van der Waals surface area (Å²) >= 11 is 0. The number of hydrogen-bond acceptors (Lipinski definition) is 1. The molecule has 0 radical (unpaired) electrons. The van der Waals surface area contributed by atoms with Crippen LogP contribution in [0, 0.1) is 0 Å². The Hall–Kier alpha value is -2.22. The number of rotatable bonds is 2. The lowest BCUT2D eigenvalue weighted by Crippen LogP contribution is -1.92. The summed E-state index contributed by atoms with van der Waals surface area (Å²) in [6.07, 6.45) is 1.04. The molecule has 0 fully saturated rings. The molecule has 1 aliphatic heterocycles. The average molecular weight is 263 g/mol. The van der Waals surface area contributed by atoms with Crippen molar-refractivity contribution in [2.75, 3.05) is 7.11 Å². The SMILES string of the molecule is CCc1c2n(c3ccc(OC)cc13)Cc1ccccc1-2. The van der Waals surface area contributed by atoms with E-state index in [4.69, 9.17) is 4.74 Å². The number of aromatic nitrogens is 1. The van der Waals surface area contributed by atoms with Gasteiger partial charge in [0, 0.05) is 23.0 Å². The first-order valence-corrected chi connectivity index (χ1v) is 7.11. The Morgan fingerprint density at radius 1 is 1.15 bits per heavy atom. The van der Waals surface area contributed by atoms with Crippen molar-refractivity contribution in [2.24, 2.45) is 0 Å². The number of fused-ring (bicyclic) bond motifs is 5. The number of hydrogen-bond donors (Lipinski definition) is 0. The van der Waals surface area contributed by atoms with E-state index in [-0.39, 0.29) is 0 Å². The molecule has 2 nitrogen and oxygen atoms in total. The number of ether oxygens (including phenoxy) is 1. The molecule has 20 heavy (non-hydrogen) atoms. The standard InChI is InChI=1S/C18H17NO/c1-3-14-16-10-13(20-2)8-9-17(16)19-11-12-6-4-5-7-15(12)18(14)19/h4-10H,3,11H2,1-2H3. The van der Waals surface area contributed by atoms with Gasteiger partial charge in [-0.1, -0.05) is 31.2 Å². The van der Waals surface area contributed by atoms with Gasteiger partial charge < -0.3 is 9.30 Å². The van der Waals surface area contributed by atoms with Gasteiger partial charge in [0.05, 0.1) is 12.8 Å². The van der Waals surface area contributed by atoms with Crippen molar-refractivity contribution in [3.63, 3.8) is 0 Å². The summed E-state index contributed by atoms with van der Waals surface area (Å²) in [5.74, 6) is 0.935. The third-order valence-corrected chi connectivity index (χ3v) is 4.33. The first-order chi connectivity index (χ1) is 9.83. The average Bonchev–Trinajstić information content (AvgIpc) is 3.00. The van der Waals surface area contributed by atoms with E-state index in [0.717, 1.165) is 18.7 Å². The number of benzene rings is 2. The van der Waals surface area contributed by atoms with E-state index in [0.29, 0.717) is 0 Å². The topological polar surface area (TPSA) is 14.2 Å². The molecule has 0 amide bonds. The molecule has 1 aliphatic rings. The minimum absolute atomic E-state index is 0.935. The van der Waals surface area contributed by atoms with Gasteiger partial charge in [-0.05, 0) is 35.7 Å². The zero-order valence-corrected chi connectivity index (χ0v) is 11.8. The summed E-state index contributed by atoms with van der Waals surface area (Å²) in [7, 11) is 1.73. The largest absolute Gasteiger partial charge is 0.497 e. The van der Waals surface area contributed by atoms with E-state index < -0.39 is 0 Å². The molecule has 2 heterocycles. The fourth-order valence-electron chi connectivity index (χ4n) is 3.42. The van der Waals surface area contributed by atoms with Crippen LogP contribution < -0.4 is 4.74 Å². The van der Waals surface area contributed by atoms with Crippen LogP contribution in [-0.4, -0.2) is 11.7 Å². The van der Waals surface area contributed by atoms with E-state index >= 15 is 0 Å². The van der Waals surface area contributed by atoms with Gasteiger partial charge in [0.2, 0.25) is 0 Å². The van der Waals surface area contributed by atoms with E-state index in [1.807, 2.05) is 0 Å². The quantitative estimate of drug-likeness (QED) is 0.527. The molecule has 4 rings (SSSR count). The third-order valence-electron chi connectivity index (χ3n) is 4.33. The summed E-state index contributed by atoms with van der Waals surface area (Å²) in [6.45, 7) is 3.21. The highest BCUT2D eigenvalue weighted by molar-refractivity contribution is 5.94. The molecular formula is C18H17NO. The molecule has 1 aromatic heterocycles. The van der Waals surface area contributed by atoms with Crippen LogP contribution in [0.2, 0.25) is 0 Å². The summed E-state index contributed by atoms with van der Waals surface area (Å²) in [5, 5.41) is 1.33. The van der Waals surface area contributed by atoms with Crippen LogP contribution in [0.15, 0.2) is 42.5 Å². The molecule has 2 aromatic carbocycles. The summed E-state index contributed by atoms with van der Waals surface area (Å²) < 4.78 is 7.83. The summed E-state index contributed by atoms with van der Waals surface area (Å²) in [4.78, 5) is 0. The third kappa shape index (κ3) is 1.39. The second-order valence-electron chi connectivity index (χ2n) is 5.31. The van der Waals surface area contributed by atoms with Crippen LogP contribution in [0.5, 0.6) is 5.75 Å². The van der Waals surface area contributed by atoms with Gasteiger partial charge in [0.15, 0.2) is 0 Å². The van der Waals surface area contributed by atoms with Gasteiger partial charge in [-0.3, -0.25) is 0 Å². The minimum atomic E-state index is 0.935. The highest BCUT2D eigenvalue weighted by Crippen LogP contribution is 2.41. The Kier molecular flexibility index (Phi) is 2.40. The van der Waals surface area contributed by atoms with Crippen molar-refractivity contribution in [2.45, 2.75) is 19.9 Å². The van der Waals surface area contributed by atoms with Gasteiger partial charge in [-0.2, -0.15) is 0 Å². The van der Waals surface area contributed by atoms with Crippen LogP contribution in [-0.2, 0) is 13.0 Å².